The number of halogens is 1. The quantitative estimate of drug-likeness (QED) is 0.872. The summed E-state index contributed by atoms with van der Waals surface area (Å²) in [6.07, 6.45) is 8.15. The van der Waals surface area contributed by atoms with Crippen molar-refractivity contribution >= 4 is 27.7 Å². The van der Waals surface area contributed by atoms with Crippen LogP contribution in [0.1, 0.15) is 49.4 Å². The molecule has 0 unspecified atom stereocenters. The summed E-state index contributed by atoms with van der Waals surface area (Å²) in [7, 11) is 1.90. The second kappa shape index (κ2) is 7.78. The van der Waals surface area contributed by atoms with Crippen LogP contribution in [0.4, 0.5) is 5.82 Å². The maximum Gasteiger partial charge on any atom is 0.257 e. The Morgan fingerprint density at radius 3 is 2.81 bits per heavy atom. The first-order chi connectivity index (χ1) is 10.1. The molecule has 1 aromatic heterocycles. The predicted octanol–water partition coefficient (Wildman–Crippen LogP) is 3.93. The molecule has 1 aliphatic carbocycles. The van der Waals surface area contributed by atoms with Crippen molar-refractivity contribution in [3.63, 3.8) is 0 Å². The maximum atomic E-state index is 12.7. The van der Waals surface area contributed by atoms with Gasteiger partial charge in [0.1, 0.15) is 5.82 Å². The summed E-state index contributed by atoms with van der Waals surface area (Å²) in [6, 6.07) is 1.85. The number of anilines is 1. The monoisotopic (exact) mass is 353 g/mol. The molecule has 0 atom stereocenters. The van der Waals surface area contributed by atoms with Gasteiger partial charge in [-0.05, 0) is 47.7 Å². The Hall–Kier alpha value is -1.10. The van der Waals surface area contributed by atoms with Crippen molar-refractivity contribution in [2.24, 2.45) is 5.92 Å². The number of hydrogen-bond acceptors (Lipinski definition) is 3. The van der Waals surface area contributed by atoms with E-state index in [2.05, 4.69) is 26.2 Å². The Bertz CT molecular complexity index is 486. The van der Waals surface area contributed by atoms with Gasteiger partial charge < -0.3 is 10.2 Å². The van der Waals surface area contributed by atoms with Crippen LogP contribution in [0.15, 0.2) is 16.7 Å². The van der Waals surface area contributed by atoms with Gasteiger partial charge in [0, 0.05) is 30.8 Å². The molecule has 4 nitrogen and oxygen atoms in total. The van der Waals surface area contributed by atoms with Gasteiger partial charge in [-0.15, -0.1) is 0 Å². The average Bonchev–Trinajstić information content (AvgIpc) is 2.49. The van der Waals surface area contributed by atoms with Crippen molar-refractivity contribution < 1.29 is 4.79 Å². The van der Waals surface area contributed by atoms with Crippen LogP contribution in [-0.4, -0.2) is 35.9 Å². The van der Waals surface area contributed by atoms with E-state index in [0.29, 0.717) is 17.3 Å². The standard InChI is InChI=1S/C16H24BrN3O/c1-3-18-15-14(9-13(17)10-19-15)16(21)20(2)11-12-7-5-4-6-8-12/h9-10,12H,3-8,11H2,1-2H3,(H,18,19). The van der Waals surface area contributed by atoms with Crippen molar-refractivity contribution in [2.75, 3.05) is 25.5 Å². The Balaban J connectivity index is 2.08. The van der Waals surface area contributed by atoms with E-state index in [1.165, 1.54) is 32.1 Å². The molecule has 0 radical (unpaired) electrons. The SMILES string of the molecule is CCNc1ncc(Br)cc1C(=O)N(C)CC1CCCCC1. The Kier molecular flexibility index (Phi) is 6.03. The fraction of sp³-hybridized carbons (Fsp3) is 0.625. The lowest BCUT2D eigenvalue weighted by Crippen LogP contribution is -2.33. The molecule has 1 amide bonds. The summed E-state index contributed by atoms with van der Waals surface area (Å²) in [5.41, 5.74) is 0.643. The highest BCUT2D eigenvalue weighted by atomic mass is 79.9. The Morgan fingerprint density at radius 2 is 2.14 bits per heavy atom. The molecule has 0 aromatic carbocycles. The minimum absolute atomic E-state index is 0.0466. The number of nitrogens with zero attached hydrogens (tertiary/aromatic N) is 2. The van der Waals surface area contributed by atoms with Crippen LogP contribution in [-0.2, 0) is 0 Å². The molecule has 0 spiro atoms. The van der Waals surface area contributed by atoms with Crippen molar-refractivity contribution in [3.05, 3.63) is 22.3 Å². The number of carbonyl (C=O) groups is 1. The minimum atomic E-state index is 0.0466. The molecule has 1 aromatic rings. The highest BCUT2D eigenvalue weighted by molar-refractivity contribution is 9.10. The lowest BCUT2D eigenvalue weighted by Gasteiger charge is -2.27. The van der Waals surface area contributed by atoms with Crippen LogP contribution in [0.2, 0.25) is 0 Å². The van der Waals surface area contributed by atoms with Crippen LogP contribution < -0.4 is 5.32 Å². The molecule has 1 aliphatic rings. The van der Waals surface area contributed by atoms with E-state index >= 15 is 0 Å². The number of hydrogen-bond donors (Lipinski definition) is 1. The summed E-state index contributed by atoms with van der Waals surface area (Å²) in [5.74, 6) is 1.36. The molecule has 1 N–H and O–H groups in total. The zero-order chi connectivity index (χ0) is 15.2. The number of carbonyl (C=O) groups excluding carboxylic acids is 1. The summed E-state index contributed by atoms with van der Waals surface area (Å²) in [5, 5.41) is 3.16. The summed E-state index contributed by atoms with van der Waals surface area (Å²) < 4.78 is 0.832. The average molecular weight is 354 g/mol. The fourth-order valence-electron chi connectivity index (χ4n) is 2.96. The van der Waals surface area contributed by atoms with Crippen LogP contribution in [0, 0.1) is 5.92 Å². The topological polar surface area (TPSA) is 45.2 Å². The molecular formula is C16H24BrN3O. The fourth-order valence-corrected chi connectivity index (χ4v) is 3.29. The molecule has 21 heavy (non-hydrogen) atoms. The van der Waals surface area contributed by atoms with Gasteiger partial charge in [-0.3, -0.25) is 4.79 Å². The zero-order valence-electron chi connectivity index (χ0n) is 12.9. The molecule has 0 bridgehead atoms. The second-order valence-corrected chi connectivity index (χ2v) is 6.69. The van der Waals surface area contributed by atoms with Gasteiger partial charge in [0.15, 0.2) is 0 Å². The van der Waals surface area contributed by atoms with E-state index < -0.39 is 0 Å². The lowest BCUT2D eigenvalue weighted by molar-refractivity contribution is 0.0761. The Morgan fingerprint density at radius 1 is 1.43 bits per heavy atom. The van der Waals surface area contributed by atoms with E-state index in [9.17, 15) is 4.79 Å². The largest absolute Gasteiger partial charge is 0.370 e. The first kappa shape index (κ1) is 16.3. The maximum absolute atomic E-state index is 12.7. The molecule has 5 heteroatoms. The van der Waals surface area contributed by atoms with Crippen molar-refractivity contribution in [1.82, 2.24) is 9.88 Å². The Labute approximate surface area is 135 Å². The molecule has 116 valence electrons. The third-order valence-electron chi connectivity index (χ3n) is 4.03. The second-order valence-electron chi connectivity index (χ2n) is 5.77. The van der Waals surface area contributed by atoms with Gasteiger partial charge in [-0.25, -0.2) is 4.98 Å². The zero-order valence-corrected chi connectivity index (χ0v) is 14.4. The van der Waals surface area contributed by atoms with Crippen LogP contribution in [0.25, 0.3) is 0 Å². The van der Waals surface area contributed by atoms with Crippen LogP contribution in [0.3, 0.4) is 0 Å². The number of nitrogens with one attached hydrogen (secondary N) is 1. The van der Waals surface area contributed by atoms with Gasteiger partial charge in [-0.1, -0.05) is 19.3 Å². The molecule has 0 aliphatic heterocycles. The molecule has 1 fully saturated rings. The van der Waals surface area contributed by atoms with Crippen molar-refractivity contribution in [1.29, 1.82) is 0 Å². The third-order valence-corrected chi connectivity index (χ3v) is 4.47. The lowest BCUT2D eigenvalue weighted by atomic mass is 9.89. The summed E-state index contributed by atoms with van der Waals surface area (Å²) in [6.45, 7) is 3.60. The van der Waals surface area contributed by atoms with Gasteiger partial charge in [0.25, 0.3) is 5.91 Å². The molecule has 0 saturated heterocycles. The van der Waals surface area contributed by atoms with Gasteiger partial charge in [0.2, 0.25) is 0 Å². The van der Waals surface area contributed by atoms with E-state index in [4.69, 9.17) is 0 Å². The highest BCUT2D eigenvalue weighted by Crippen LogP contribution is 2.25. The van der Waals surface area contributed by atoms with E-state index in [1.807, 2.05) is 24.9 Å². The summed E-state index contributed by atoms with van der Waals surface area (Å²) in [4.78, 5) is 18.9. The number of pyridine rings is 1. The number of aromatic nitrogens is 1. The summed E-state index contributed by atoms with van der Waals surface area (Å²) >= 11 is 3.40. The minimum Gasteiger partial charge on any atom is -0.370 e. The molecule has 1 saturated carbocycles. The van der Waals surface area contributed by atoms with Crippen molar-refractivity contribution in [2.45, 2.75) is 39.0 Å². The van der Waals surface area contributed by atoms with Crippen LogP contribution in [0.5, 0.6) is 0 Å². The predicted molar refractivity (Wildman–Crippen MR) is 89.6 cm³/mol. The number of amides is 1. The first-order valence-corrected chi connectivity index (χ1v) is 8.56. The normalized spacial score (nSPS) is 15.8. The highest BCUT2D eigenvalue weighted by Gasteiger charge is 2.21. The van der Waals surface area contributed by atoms with Gasteiger partial charge >= 0.3 is 0 Å². The molecular weight excluding hydrogens is 330 g/mol. The van der Waals surface area contributed by atoms with Gasteiger partial charge in [0.05, 0.1) is 5.56 Å². The van der Waals surface area contributed by atoms with Gasteiger partial charge in [-0.2, -0.15) is 0 Å². The molecule has 2 rings (SSSR count). The van der Waals surface area contributed by atoms with E-state index in [1.54, 1.807) is 6.20 Å². The van der Waals surface area contributed by atoms with E-state index in [-0.39, 0.29) is 5.91 Å². The number of rotatable bonds is 5. The third kappa shape index (κ3) is 4.43. The molecule has 1 heterocycles. The first-order valence-electron chi connectivity index (χ1n) is 7.76. The van der Waals surface area contributed by atoms with Crippen molar-refractivity contribution in [3.8, 4) is 0 Å². The van der Waals surface area contributed by atoms with Crippen LogP contribution >= 0.6 is 15.9 Å². The van der Waals surface area contributed by atoms with E-state index in [0.717, 1.165) is 17.6 Å². The smallest absolute Gasteiger partial charge is 0.257 e.